The second-order valence-corrected chi connectivity index (χ2v) is 7.21. The Morgan fingerprint density at radius 2 is 1.61 bits per heavy atom. The lowest BCUT2D eigenvalue weighted by Crippen LogP contribution is -2.03. The largest absolute Gasteiger partial charge is 0.489 e. The highest BCUT2D eigenvalue weighted by atomic mass is 35.5. The quantitative estimate of drug-likeness (QED) is 0.442. The van der Waals surface area contributed by atoms with E-state index >= 15 is 0 Å². The van der Waals surface area contributed by atoms with Gasteiger partial charge in [0.25, 0.3) is 0 Å². The van der Waals surface area contributed by atoms with E-state index < -0.39 is 5.97 Å². The van der Waals surface area contributed by atoms with Gasteiger partial charge in [0.1, 0.15) is 12.4 Å². The number of carboxylic acids is 1. The predicted molar refractivity (Wildman–Crippen MR) is 113 cm³/mol. The molecule has 0 amide bonds. The summed E-state index contributed by atoms with van der Waals surface area (Å²) in [7, 11) is 0. The number of halogens is 3. The van der Waals surface area contributed by atoms with E-state index in [0.717, 1.165) is 11.1 Å². The van der Waals surface area contributed by atoms with Gasteiger partial charge in [0.05, 0.1) is 10.6 Å². The van der Waals surface area contributed by atoms with Crippen LogP contribution < -0.4 is 10.1 Å². The van der Waals surface area contributed by atoms with E-state index in [0.29, 0.717) is 28.0 Å². The summed E-state index contributed by atoms with van der Waals surface area (Å²) in [5.41, 5.74) is 2.49. The van der Waals surface area contributed by atoms with Crippen LogP contribution in [0.2, 0.25) is 15.1 Å². The van der Waals surface area contributed by atoms with Gasteiger partial charge >= 0.3 is 5.97 Å². The van der Waals surface area contributed by atoms with Gasteiger partial charge in [-0.05, 0) is 48.0 Å². The van der Waals surface area contributed by atoms with Gasteiger partial charge < -0.3 is 15.2 Å². The maximum absolute atomic E-state index is 11.1. The fourth-order valence-electron chi connectivity index (χ4n) is 2.53. The molecule has 0 fully saturated rings. The zero-order valence-corrected chi connectivity index (χ0v) is 16.9. The van der Waals surface area contributed by atoms with Crippen LogP contribution in [0.15, 0.2) is 60.7 Å². The van der Waals surface area contributed by atoms with Crippen LogP contribution in [0.5, 0.6) is 5.75 Å². The first kappa shape index (κ1) is 20.3. The molecule has 0 radical (unpaired) electrons. The SMILES string of the molecule is O=C(O)c1cc(NCc2ccc(OCc3c(Cl)cccc3Cl)cc2)ccc1Cl. The van der Waals surface area contributed by atoms with Crippen molar-refractivity contribution in [1.82, 2.24) is 0 Å². The van der Waals surface area contributed by atoms with Crippen LogP contribution >= 0.6 is 34.8 Å². The molecule has 0 spiro atoms. The number of anilines is 1. The Bertz CT molecular complexity index is 970. The second kappa shape index (κ2) is 9.20. The molecule has 7 heteroatoms. The van der Waals surface area contributed by atoms with Gasteiger partial charge in [-0.3, -0.25) is 0 Å². The number of carboxylic acid groups (broad SMARTS) is 1. The molecule has 144 valence electrons. The second-order valence-electron chi connectivity index (χ2n) is 5.99. The van der Waals surface area contributed by atoms with Gasteiger partial charge in [-0.1, -0.05) is 53.0 Å². The first-order valence-electron chi connectivity index (χ1n) is 8.35. The lowest BCUT2D eigenvalue weighted by molar-refractivity contribution is 0.0697. The fraction of sp³-hybridized carbons (Fsp3) is 0.0952. The summed E-state index contributed by atoms with van der Waals surface area (Å²) < 4.78 is 5.76. The zero-order valence-electron chi connectivity index (χ0n) is 14.6. The molecule has 0 aliphatic heterocycles. The highest BCUT2D eigenvalue weighted by molar-refractivity contribution is 6.36. The highest BCUT2D eigenvalue weighted by Gasteiger charge is 2.09. The van der Waals surface area contributed by atoms with E-state index in [1.807, 2.05) is 24.3 Å². The van der Waals surface area contributed by atoms with Crippen LogP contribution in [0.3, 0.4) is 0 Å². The van der Waals surface area contributed by atoms with E-state index in [2.05, 4.69) is 5.32 Å². The monoisotopic (exact) mass is 435 g/mol. The van der Waals surface area contributed by atoms with Crippen molar-refractivity contribution in [2.45, 2.75) is 13.2 Å². The fourth-order valence-corrected chi connectivity index (χ4v) is 3.24. The zero-order chi connectivity index (χ0) is 20.1. The minimum atomic E-state index is -1.06. The minimum absolute atomic E-state index is 0.0636. The van der Waals surface area contributed by atoms with Gasteiger partial charge in [-0.25, -0.2) is 4.79 Å². The summed E-state index contributed by atoms with van der Waals surface area (Å²) in [5, 5.41) is 13.6. The van der Waals surface area contributed by atoms with Crippen molar-refractivity contribution in [3.8, 4) is 5.75 Å². The third-order valence-electron chi connectivity index (χ3n) is 4.06. The molecule has 3 rings (SSSR count). The Morgan fingerprint density at radius 3 is 2.25 bits per heavy atom. The molecule has 0 saturated carbocycles. The van der Waals surface area contributed by atoms with Crippen molar-refractivity contribution in [3.05, 3.63) is 92.4 Å². The Labute approximate surface area is 177 Å². The van der Waals surface area contributed by atoms with Crippen molar-refractivity contribution in [2.24, 2.45) is 0 Å². The first-order chi connectivity index (χ1) is 13.4. The van der Waals surface area contributed by atoms with Crippen molar-refractivity contribution in [1.29, 1.82) is 0 Å². The van der Waals surface area contributed by atoms with E-state index in [4.69, 9.17) is 44.6 Å². The van der Waals surface area contributed by atoms with Crippen molar-refractivity contribution < 1.29 is 14.6 Å². The Balaban J connectivity index is 1.59. The molecule has 4 nitrogen and oxygen atoms in total. The molecular weight excluding hydrogens is 421 g/mol. The van der Waals surface area contributed by atoms with Gasteiger partial charge in [0.15, 0.2) is 0 Å². The van der Waals surface area contributed by atoms with Gasteiger partial charge in [0, 0.05) is 27.8 Å². The summed E-state index contributed by atoms with van der Waals surface area (Å²) in [6.45, 7) is 0.802. The van der Waals surface area contributed by atoms with E-state index in [9.17, 15) is 4.79 Å². The molecule has 0 aromatic heterocycles. The Morgan fingerprint density at radius 1 is 0.929 bits per heavy atom. The number of aromatic carboxylic acids is 1. The highest BCUT2D eigenvalue weighted by Crippen LogP contribution is 2.26. The number of ether oxygens (including phenoxy) is 1. The first-order valence-corrected chi connectivity index (χ1v) is 9.49. The molecule has 0 heterocycles. The summed E-state index contributed by atoms with van der Waals surface area (Å²) in [4.78, 5) is 11.1. The number of benzene rings is 3. The maximum Gasteiger partial charge on any atom is 0.337 e. The van der Waals surface area contributed by atoms with Gasteiger partial charge in [0.2, 0.25) is 0 Å². The van der Waals surface area contributed by atoms with Gasteiger partial charge in [-0.15, -0.1) is 0 Å². The van der Waals surface area contributed by atoms with Crippen LogP contribution in [0, 0.1) is 0 Å². The normalized spacial score (nSPS) is 10.5. The summed E-state index contributed by atoms with van der Waals surface area (Å²) in [6, 6.07) is 17.7. The van der Waals surface area contributed by atoms with Crippen LogP contribution in [0.1, 0.15) is 21.5 Å². The number of carbonyl (C=O) groups is 1. The summed E-state index contributed by atoms with van der Waals surface area (Å²) in [6.07, 6.45) is 0. The molecule has 0 bridgehead atoms. The number of hydrogen-bond acceptors (Lipinski definition) is 3. The molecule has 2 N–H and O–H groups in total. The van der Waals surface area contributed by atoms with Crippen LogP contribution in [-0.4, -0.2) is 11.1 Å². The third kappa shape index (κ3) is 5.10. The molecule has 3 aromatic carbocycles. The van der Waals surface area contributed by atoms with Crippen molar-refractivity contribution >= 4 is 46.5 Å². The maximum atomic E-state index is 11.1. The van der Waals surface area contributed by atoms with Crippen LogP contribution in [-0.2, 0) is 13.2 Å². The lowest BCUT2D eigenvalue weighted by Gasteiger charge is -2.11. The van der Waals surface area contributed by atoms with Crippen LogP contribution in [0.25, 0.3) is 0 Å². The molecule has 0 unspecified atom stereocenters. The Hall–Kier alpha value is -2.40. The molecule has 0 saturated heterocycles. The number of rotatable bonds is 7. The standard InChI is InChI=1S/C21H16Cl3NO3/c22-18-2-1-3-19(23)17(18)12-28-15-7-4-13(5-8-15)11-25-14-6-9-20(24)16(10-14)21(26)27/h1-10,25H,11-12H2,(H,26,27). The van der Waals surface area contributed by atoms with Crippen molar-refractivity contribution in [2.75, 3.05) is 5.32 Å². The molecule has 0 aliphatic carbocycles. The topological polar surface area (TPSA) is 58.6 Å². The molecule has 0 atom stereocenters. The number of nitrogens with one attached hydrogen (secondary N) is 1. The summed E-state index contributed by atoms with van der Waals surface area (Å²) in [5.74, 6) is -0.367. The van der Waals surface area contributed by atoms with E-state index in [1.165, 1.54) is 6.07 Å². The smallest absolute Gasteiger partial charge is 0.337 e. The third-order valence-corrected chi connectivity index (χ3v) is 5.10. The van der Waals surface area contributed by atoms with E-state index in [1.54, 1.807) is 30.3 Å². The van der Waals surface area contributed by atoms with Crippen LogP contribution in [0.4, 0.5) is 5.69 Å². The molecule has 28 heavy (non-hydrogen) atoms. The lowest BCUT2D eigenvalue weighted by atomic mass is 10.1. The average Bonchev–Trinajstić information content (AvgIpc) is 2.67. The van der Waals surface area contributed by atoms with E-state index in [-0.39, 0.29) is 17.2 Å². The minimum Gasteiger partial charge on any atom is -0.489 e. The Kier molecular flexibility index (Phi) is 6.68. The number of hydrogen-bond donors (Lipinski definition) is 2. The van der Waals surface area contributed by atoms with Crippen molar-refractivity contribution in [3.63, 3.8) is 0 Å². The summed E-state index contributed by atoms with van der Waals surface area (Å²) >= 11 is 18.2. The molecule has 3 aromatic rings. The molecular formula is C21H16Cl3NO3. The van der Waals surface area contributed by atoms with Gasteiger partial charge in [-0.2, -0.15) is 0 Å². The average molecular weight is 437 g/mol. The molecule has 0 aliphatic rings. The predicted octanol–water partition coefficient (Wildman–Crippen LogP) is 6.54.